The predicted molar refractivity (Wildman–Crippen MR) is 117 cm³/mol. The van der Waals surface area contributed by atoms with Crippen LogP contribution in [0.1, 0.15) is 15.9 Å². The van der Waals surface area contributed by atoms with Crippen molar-refractivity contribution in [3.05, 3.63) is 64.7 Å². The first-order valence-electron chi connectivity index (χ1n) is 9.76. The van der Waals surface area contributed by atoms with E-state index in [1.807, 2.05) is 24.3 Å². The van der Waals surface area contributed by atoms with Crippen molar-refractivity contribution < 1.29 is 17.9 Å². The number of amides is 1. The van der Waals surface area contributed by atoms with Crippen LogP contribution in [0.5, 0.6) is 5.75 Å². The molecule has 1 heterocycles. The minimum atomic E-state index is -3.47. The predicted octanol–water partition coefficient (Wildman–Crippen LogP) is 2.23. The largest absolute Gasteiger partial charge is 0.497 e. The van der Waals surface area contributed by atoms with Gasteiger partial charge in [-0.1, -0.05) is 35.9 Å². The Morgan fingerprint density at radius 3 is 2.60 bits per heavy atom. The molecule has 1 N–H and O–H groups in total. The van der Waals surface area contributed by atoms with Gasteiger partial charge in [0.05, 0.1) is 23.4 Å². The summed E-state index contributed by atoms with van der Waals surface area (Å²) in [7, 11) is -1.89. The maximum Gasteiger partial charge on any atom is 0.255 e. The zero-order valence-corrected chi connectivity index (χ0v) is 18.5. The minimum Gasteiger partial charge on any atom is -0.497 e. The van der Waals surface area contributed by atoms with Gasteiger partial charge in [0, 0.05) is 39.3 Å². The molecule has 0 unspecified atom stereocenters. The van der Waals surface area contributed by atoms with Gasteiger partial charge in [0.2, 0.25) is 10.0 Å². The highest BCUT2D eigenvalue weighted by Crippen LogP contribution is 2.20. The molecule has 3 rings (SSSR count). The fourth-order valence-electron chi connectivity index (χ4n) is 3.33. The number of benzene rings is 2. The molecule has 2 aromatic rings. The molecule has 0 aromatic heterocycles. The van der Waals surface area contributed by atoms with Gasteiger partial charge in [0.25, 0.3) is 5.91 Å². The molecule has 1 amide bonds. The normalized spacial score (nSPS) is 15.0. The summed E-state index contributed by atoms with van der Waals surface area (Å²) in [6.45, 7) is 2.45. The first kappa shape index (κ1) is 22.6. The lowest BCUT2D eigenvalue weighted by Gasteiger charge is -2.29. The van der Waals surface area contributed by atoms with E-state index in [1.165, 1.54) is 9.21 Å². The van der Waals surface area contributed by atoms with Crippen molar-refractivity contribution in [1.29, 1.82) is 0 Å². The number of hydrogen-bond acceptors (Lipinski definition) is 5. The monoisotopic (exact) mass is 451 g/mol. The smallest absolute Gasteiger partial charge is 0.255 e. The second-order valence-corrected chi connectivity index (χ2v) is 9.52. The highest BCUT2D eigenvalue weighted by Gasteiger charge is 2.26. The third kappa shape index (κ3) is 5.72. The fourth-order valence-corrected chi connectivity index (χ4v) is 4.99. The van der Waals surface area contributed by atoms with Crippen molar-refractivity contribution in [3.63, 3.8) is 0 Å². The SMILES string of the molecule is COc1cccc(CN(CCS(=O)(=O)N2CCNCC2)C(=O)c2ccccc2Cl)c1. The summed E-state index contributed by atoms with van der Waals surface area (Å²) >= 11 is 6.22. The molecule has 7 nitrogen and oxygen atoms in total. The van der Waals surface area contributed by atoms with Crippen molar-refractivity contribution in [2.75, 3.05) is 45.6 Å². The maximum absolute atomic E-state index is 13.2. The molecule has 0 spiro atoms. The van der Waals surface area contributed by atoms with Crippen LogP contribution < -0.4 is 10.1 Å². The Labute approximate surface area is 182 Å². The van der Waals surface area contributed by atoms with Crippen LogP contribution in [0.4, 0.5) is 0 Å². The van der Waals surface area contributed by atoms with Gasteiger partial charge >= 0.3 is 0 Å². The van der Waals surface area contributed by atoms with Gasteiger partial charge in [0.15, 0.2) is 0 Å². The third-order valence-electron chi connectivity index (χ3n) is 4.99. The lowest BCUT2D eigenvalue weighted by atomic mass is 10.1. The summed E-state index contributed by atoms with van der Waals surface area (Å²) in [6.07, 6.45) is 0. The quantitative estimate of drug-likeness (QED) is 0.665. The molecule has 0 saturated carbocycles. The van der Waals surface area contributed by atoms with E-state index in [4.69, 9.17) is 16.3 Å². The van der Waals surface area contributed by atoms with E-state index in [-0.39, 0.29) is 24.7 Å². The van der Waals surface area contributed by atoms with Crippen molar-refractivity contribution in [2.24, 2.45) is 0 Å². The molecule has 162 valence electrons. The number of nitrogens with one attached hydrogen (secondary N) is 1. The van der Waals surface area contributed by atoms with Gasteiger partial charge in [-0.25, -0.2) is 8.42 Å². The highest BCUT2D eigenvalue weighted by atomic mass is 35.5. The molecule has 0 aliphatic carbocycles. The zero-order chi connectivity index (χ0) is 21.6. The molecule has 9 heteroatoms. The second kappa shape index (κ2) is 10.3. The average molecular weight is 452 g/mol. The molecule has 1 saturated heterocycles. The van der Waals surface area contributed by atoms with Crippen LogP contribution >= 0.6 is 11.6 Å². The first-order chi connectivity index (χ1) is 14.4. The summed E-state index contributed by atoms with van der Waals surface area (Å²) in [5, 5.41) is 3.48. The van der Waals surface area contributed by atoms with Crippen LogP contribution in [-0.4, -0.2) is 69.1 Å². The number of piperazine rings is 1. The molecule has 1 fully saturated rings. The molecule has 0 bridgehead atoms. The van der Waals surface area contributed by atoms with Crippen LogP contribution in [0.2, 0.25) is 5.02 Å². The Hall–Kier alpha value is -2.13. The van der Waals surface area contributed by atoms with Gasteiger partial charge in [-0.3, -0.25) is 4.79 Å². The standard InChI is InChI=1S/C21H26ClN3O4S/c1-29-18-6-4-5-17(15-18)16-24(21(26)19-7-2-3-8-20(19)22)13-14-30(27,28)25-11-9-23-10-12-25/h2-8,15,23H,9-14,16H2,1H3. The molecule has 1 aliphatic heterocycles. The van der Waals surface area contributed by atoms with Crippen molar-refractivity contribution in [3.8, 4) is 5.75 Å². The second-order valence-electron chi connectivity index (χ2n) is 7.02. The number of sulfonamides is 1. The average Bonchev–Trinajstić information content (AvgIpc) is 2.77. The Balaban J connectivity index is 1.81. The number of carbonyl (C=O) groups excluding carboxylic acids is 1. The Bertz CT molecular complexity index is 978. The van der Waals surface area contributed by atoms with Crippen LogP contribution in [0, 0.1) is 0 Å². The number of methoxy groups -OCH3 is 1. The Morgan fingerprint density at radius 2 is 1.90 bits per heavy atom. The lowest BCUT2D eigenvalue weighted by molar-refractivity contribution is 0.0753. The van der Waals surface area contributed by atoms with E-state index in [9.17, 15) is 13.2 Å². The van der Waals surface area contributed by atoms with Crippen LogP contribution in [0.3, 0.4) is 0 Å². The van der Waals surface area contributed by atoms with Crippen molar-refractivity contribution in [2.45, 2.75) is 6.54 Å². The van der Waals surface area contributed by atoms with Crippen molar-refractivity contribution in [1.82, 2.24) is 14.5 Å². The molecule has 2 aromatic carbocycles. The molecule has 1 aliphatic rings. The highest BCUT2D eigenvalue weighted by molar-refractivity contribution is 7.89. The van der Waals surface area contributed by atoms with Gasteiger partial charge in [-0.15, -0.1) is 0 Å². The van der Waals surface area contributed by atoms with Crippen LogP contribution in [-0.2, 0) is 16.6 Å². The summed E-state index contributed by atoms with van der Waals surface area (Å²) in [4.78, 5) is 14.7. The van der Waals surface area contributed by atoms with Crippen LogP contribution in [0.15, 0.2) is 48.5 Å². The maximum atomic E-state index is 13.2. The van der Waals surface area contributed by atoms with E-state index in [0.717, 1.165) is 5.56 Å². The third-order valence-corrected chi connectivity index (χ3v) is 7.17. The summed E-state index contributed by atoms with van der Waals surface area (Å²) < 4.78 is 32.3. The van der Waals surface area contributed by atoms with Gasteiger partial charge in [-0.2, -0.15) is 4.31 Å². The molecular weight excluding hydrogens is 426 g/mol. The van der Waals surface area contributed by atoms with Gasteiger partial charge in [-0.05, 0) is 29.8 Å². The van der Waals surface area contributed by atoms with Gasteiger partial charge < -0.3 is 15.0 Å². The molecule has 30 heavy (non-hydrogen) atoms. The molecule has 0 atom stereocenters. The Morgan fingerprint density at radius 1 is 1.17 bits per heavy atom. The fraction of sp³-hybridized carbons (Fsp3) is 0.381. The number of carbonyl (C=O) groups is 1. The molecule has 0 radical (unpaired) electrons. The first-order valence-corrected chi connectivity index (χ1v) is 11.7. The number of ether oxygens (including phenoxy) is 1. The van der Waals surface area contributed by atoms with E-state index in [1.54, 1.807) is 31.4 Å². The van der Waals surface area contributed by atoms with Crippen LogP contribution in [0.25, 0.3) is 0 Å². The zero-order valence-electron chi connectivity index (χ0n) is 16.9. The summed E-state index contributed by atoms with van der Waals surface area (Å²) in [5.41, 5.74) is 1.19. The number of hydrogen-bond donors (Lipinski definition) is 1. The van der Waals surface area contributed by atoms with E-state index in [2.05, 4.69) is 5.32 Å². The number of halogens is 1. The van der Waals surface area contributed by atoms with Crippen molar-refractivity contribution >= 4 is 27.5 Å². The topological polar surface area (TPSA) is 79.0 Å². The minimum absolute atomic E-state index is 0.0630. The lowest BCUT2D eigenvalue weighted by Crippen LogP contribution is -2.48. The van der Waals surface area contributed by atoms with E-state index in [0.29, 0.717) is 42.5 Å². The van der Waals surface area contributed by atoms with Gasteiger partial charge in [0.1, 0.15) is 5.75 Å². The van der Waals surface area contributed by atoms with E-state index < -0.39 is 10.0 Å². The number of nitrogens with zero attached hydrogens (tertiary/aromatic N) is 2. The van der Waals surface area contributed by atoms with E-state index >= 15 is 0 Å². The number of rotatable bonds is 8. The Kier molecular flexibility index (Phi) is 7.71. The summed E-state index contributed by atoms with van der Waals surface area (Å²) in [5.74, 6) is 0.220. The molecular formula is C21H26ClN3O4S. The summed E-state index contributed by atoms with van der Waals surface area (Å²) in [6, 6.07) is 14.1.